The Balaban J connectivity index is 1.96. The van der Waals surface area contributed by atoms with Gasteiger partial charge in [-0.2, -0.15) is 5.26 Å². The Labute approximate surface area is 99.9 Å². The molecule has 2 aromatic rings. The molecule has 0 saturated carbocycles. The molecule has 0 bridgehead atoms. The molecule has 1 saturated heterocycles. The van der Waals surface area contributed by atoms with Crippen LogP contribution in [0, 0.1) is 11.3 Å². The molecule has 0 atom stereocenters. The first kappa shape index (κ1) is 10.3. The van der Waals surface area contributed by atoms with E-state index in [2.05, 4.69) is 11.0 Å². The highest BCUT2D eigenvalue weighted by Crippen LogP contribution is 2.21. The van der Waals surface area contributed by atoms with Crippen LogP contribution in [0.25, 0.3) is 5.52 Å². The van der Waals surface area contributed by atoms with Crippen molar-refractivity contribution < 1.29 is 0 Å². The summed E-state index contributed by atoms with van der Waals surface area (Å²) in [5.41, 5.74) is 8.61. The zero-order valence-electron chi connectivity index (χ0n) is 9.50. The monoisotopic (exact) mass is 226 g/mol. The summed E-state index contributed by atoms with van der Waals surface area (Å²) in [5.74, 6) is 0. The van der Waals surface area contributed by atoms with Crippen molar-refractivity contribution in [2.24, 2.45) is 5.73 Å². The second-order valence-electron chi connectivity index (χ2n) is 4.59. The Morgan fingerprint density at radius 1 is 1.41 bits per heavy atom. The third kappa shape index (κ3) is 1.70. The fraction of sp³-hybridized carbons (Fsp3) is 0.308. The smallest absolute Gasteiger partial charge is 0.102 e. The molecule has 2 aromatic heterocycles. The summed E-state index contributed by atoms with van der Waals surface area (Å²) in [6.07, 6.45) is 4.01. The average molecular weight is 226 g/mol. The molecule has 0 amide bonds. The van der Waals surface area contributed by atoms with Crippen molar-refractivity contribution in [3.63, 3.8) is 0 Å². The van der Waals surface area contributed by atoms with Crippen molar-refractivity contribution >= 4 is 5.52 Å². The lowest BCUT2D eigenvalue weighted by molar-refractivity contribution is 0.142. The largest absolute Gasteiger partial charge is 0.325 e. The lowest BCUT2D eigenvalue weighted by atomic mass is 10.1. The predicted molar refractivity (Wildman–Crippen MR) is 65.4 cm³/mol. The molecule has 2 N–H and O–H groups in total. The minimum Gasteiger partial charge on any atom is -0.325 e. The Morgan fingerprint density at radius 2 is 2.24 bits per heavy atom. The molecule has 17 heavy (non-hydrogen) atoms. The molecule has 0 aromatic carbocycles. The van der Waals surface area contributed by atoms with Gasteiger partial charge in [-0.15, -0.1) is 0 Å². The lowest BCUT2D eigenvalue weighted by Gasteiger charge is -2.36. The number of fused-ring (bicyclic) bond motifs is 1. The second-order valence-corrected chi connectivity index (χ2v) is 4.59. The molecule has 3 heterocycles. The van der Waals surface area contributed by atoms with E-state index in [0.29, 0.717) is 6.04 Å². The molecule has 1 aliphatic heterocycles. The van der Waals surface area contributed by atoms with Crippen LogP contribution in [0.1, 0.15) is 11.1 Å². The number of rotatable bonds is 2. The van der Waals surface area contributed by atoms with Crippen molar-refractivity contribution in [3.8, 4) is 6.07 Å². The van der Waals surface area contributed by atoms with E-state index in [-0.39, 0.29) is 0 Å². The van der Waals surface area contributed by atoms with E-state index in [1.54, 1.807) is 0 Å². The van der Waals surface area contributed by atoms with Gasteiger partial charge in [0.2, 0.25) is 0 Å². The number of pyridine rings is 1. The van der Waals surface area contributed by atoms with Gasteiger partial charge >= 0.3 is 0 Å². The number of nitriles is 1. The normalized spacial score (nSPS) is 16.9. The van der Waals surface area contributed by atoms with Gasteiger partial charge in [-0.25, -0.2) is 0 Å². The molecule has 1 aliphatic rings. The molecule has 0 radical (unpaired) electrons. The average Bonchev–Trinajstić information content (AvgIpc) is 2.64. The number of nitrogens with two attached hydrogens (primary N) is 1. The van der Waals surface area contributed by atoms with Gasteiger partial charge in [0.15, 0.2) is 0 Å². The van der Waals surface area contributed by atoms with Gasteiger partial charge in [-0.1, -0.05) is 6.07 Å². The fourth-order valence-corrected chi connectivity index (χ4v) is 2.41. The van der Waals surface area contributed by atoms with Crippen molar-refractivity contribution in [3.05, 3.63) is 41.7 Å². The van der Waals surface area contributed by atoms with Gasteiger partial charge in [0.25, 0.3) is 0 Å². The quantitative estimate of drug-likeness (QED) is 0.829. The highest BCUT2D eigenvalue weighted by atomic mass is 15.2. The molecule has 0 aliphatic carbocycles. The van der Waals surface area contributed by atoms with Crippen molar-refractivity contribution in [2.75, 3.05) is 13.1 Å². The summed E-state index contributed by atoms with van der Waals surface area (Å²) in [6, 6.07) is 8.51. The first-order valence-electron chi connectivity index (χ1n) is 5.74. The molecule has 4 heteroatoms. The zero-order valence-corrected chi connectivity index (χ0v) is 9.50. The van der Waals surface area contributed by atoms with E-state index < -0.39 is 0 Å². The first-order chi connectivity index (χ1) is 8.28. The summed E-state index contributed by atoms with van der Waals surface area (Å²) >= 11 is 0. The Bertz CT molecular complexity index is 587. The summed E-state index contributed by atoms with van der Waals surface area (Å²) in [7, 11) is 0. The van der Waals surface area contributed by atoms with Crippen LogP contribution in [-0.4, -0.2) is 28.4 Å². The SMILES string of the molecule is N#Cc1c(CN2CC(N)C2)cn2ccccc12. The maximum Gasteiger partial charge on any atom is 0.102 e. The number of aromatic nitrogens is 1. The van der Waals surface area contributed by atoms with E-state index in [0.717, 1.165) is 36.3 Å². The van der Waals surface area contributed by atoms with E-state index in [9.17, 15) is 5.26 Å². The third-order valence-corrected chi connectivity index (χ3v) is 3.25. The van der Waals surface area contributed by atoms with Crippen molar-refractivity contribution in [1.29, 1.82) is 5.26 Å². The minimum atomic E-state index is 0.303. The summed E-state index contributed by atoms with van der Waals surface area (Å²) in [4.78, 5) is 2.26. The van der Waals surface area contributed by atoms with Crippen LogP contribution in [-0.2, 0) is 6.54 Å². The lowest BCUT2D eigenvalue weighted by Crippen LogP contribution is -2.54. The van der Waals surface area contributed by atoms with Gasteiger partial charge in [-0.3, -0.25) is 4.90 Å². The maximum absolute atomic E-state index is 9.25. The highest BCUT2D eigenvalue weighted by Gasteiger charge is 2.24. The molecule has 3 rings (SSSR count). The molecular formula is C13H14N4. The van der Waals surface area contributed by atoms with Crippen LogP contribution in [0.4, 0.5) is 0 Å². The van der Waals surface area contributed by atoms with E-state index in [1.807, 2.05) is 35.0 Å². The Morgan fingerprint density at radius 3 is 2.94 bits per heavy atom. The Kier molecular flexibility index (Phi) is 2.36. The highest BCUT2D eigenvalue weighted by molar-refractivity contribution is 5.65. The summed E-state index contributed by atoms with van der Waals surface area (Å²) < 4.78 is 2.01. The van der Waals surface area contributed by atoms with Gasteiger partial charge in [0.05, 0.1) is 11.1 Å². The first-order valence-corrected chi connectivity index (χ1v) is 5.74. The van der Waals surface area contributed by atoms with E-state index in [1.165, 1.54) is 0 Å². The van der Waals surface area contributed by atoms with Gasteiger partial charge in [0.1, 0.15) is 6.07 Å². The molecular weight excluding hydrogens is 212 g/mol. The van der Waals surface area contributed by atoms with Crippen LogP contribution in [0.15, 0.2) is 30.6 Å². The molecule has 0 unspecified atom stereocenters. The van der Waals surface area contributed by atoms with Crippen LogP contribution in [0.2, 0.25) is 0 Å². The van der Waals surface area contributed by atoms with Gasteiger partial charge < -0.3 is 10.1 Å². The van der Waals surface area contributed by atoms with Crippen molar-refractivity contribution in [2.45, 2.75) is 12.6 Å². The maximum atomic E-state index is 9.25. The third-order valence-electron chi connectivity index (χ3n) is 3.25. The molecule has 4 nitrogen and oxygen atoms in total. The number of likely N-dealkylation sites (tertiary alicyclic amines) is 1. The minimum absolute atomic E-state index is 0.303. The molecule has 86 valence electrons. The van der Waals surface area contributed by atoms with Gasteiger partial charge in [0, 0.05) is 43.6 Å². The predicted octanol–water partition coefficient (Wildman–Crippen LogP) is 0.954. The molecule has 0 spiro atoms. The number of nitrogens with zero attached hydrogens (tertiary/aromatic N) is 3. The summed E-state index contributed by atoms with van der Waals surface area (Å²) in [6.45, 7) is 2.67. The topological polar surface area (TPSA) is 57.5 Å². The standard InChI is InChI=1S/C13H14N4/c14-5-12-10(6-16-8-11(15)9-16)7-17-4-2-1-3-13(12)17/h1-4,7,11H,6,8-9,15H2. The number of hydrogen-bond donors (Lipinski definition) is 1. The van der Waals surface area contributed by atoms with Crippen molar-refractivity contribution in [1.82, 2.24) is 9.30 Å². The van der Waals surface area contributed by atoms with Crippen LogP contribution < -0.4 is 5.73 Å². The van der Waals surface area contributed by atoms with E-state index >= 15 is 0 Å². The Hall–Kier alpha value is -1.83. The van der Waals surface area contributed by atoms with Crippen LogP contribution in [0.3, 0.4) is 0 Å². The summed E-state index contributed by atoms with van der Waals surface area (Å²) in [5, 5.41) is 9.25. The van der Waals surface area contributed by atoms with Crippen LogP contribution >= 0.6 is 0 Å². The molecule has 1 fully saturated rings. The van der Waals surface area contributed by atoms with Crippen LogP contribution in [0.5, 0.6) is 0 Å². The number of hydrogen-bond acceptors (Lipinski definition) is 3. The van der Waals surface area contributed by atoms with Gasteiger partial charge in [-0.05, 0) is 12.1 Å². The van der Waals surface area contributed by atoms with E-state index in [4.69, 9.17) is 5.73 Å². The second kappa shape index (κ2) is 3.88. The fourth-order valence-electron chi connectivity index (χ4n) is 2.41. The zero-order chi connectivity index (χ0) is 11.8.